The summed E-state index contributed by atoms with van der Waals surface area (Å²) >= 11 is 1.52. The molecule has 0 atom stereocenters. The molecule has 1 aromatic heterocycles. The minimum Gasteiger partial charge on any atom is -0.395 e. The number of thiazole rings is 1. The number of nitrogens with zero attached hydrogens (tertiary/aromatic N) is 3. The molecular formula is C18H23N3O2S. The monoisotopic (exact) mass is 345 g/mol. The van der Waals surface area contributed by atoms with E-state index in [1.54, 1.807) is 0 Å². The summed E-state index contributed by atoms with van der Waals surface area (Å²) in [7, 11) is 0. The van der Waals surface area contributed by atoms with Crippen molar-refractivity contribution in [2.75, 3.05) is 39.3 Å². The van der Waals surface area contributed by atoms with E-state index in [1.807, 2.05) is 10.3 Å². The van der Waals surface area contributed by atoms with E-state index in [-0.39, 0.29) is 12.5 Å². The van der Waals surface area contributed by atoms with Gasteiger partial charge in [0.1, 0.15) is 10.7 Å². The molecule has 5 nitrogen and oxygen atoms in total. The summed E-state index contributed by atoms with van der Waals surface area (Å²) in [5, 5.41) is 11.7. The van der Waals surface area contributed by atoms with E-state index in [9.17, 15) is 4.79 Å². The smallest absolute Gasteiger partial charge is 0.273 e. The first-order valence-electron chi connectivity index (χ1n) is 8.24. The Morgan fingerprint density at radius 1 is 1.25 bits per heavy atom. The van der Waals surface area contributed by atoms with Crippen LogP contribution in [0.3, 0.4) is 0 Å². The topological polar surface area (TPSA) is 56.7 Å². The molecule has 1 aliphatic heterocycles. The number of aryl methyl sites for hydroxylation is 2. The van der Waals surface area contributed by atoms with E-state index in [4.69, 9.17) is 5.11 Å². The summed E-state index contributed by atoms with van der Waals surface area (Å²) in [6.07, 6.45) is 0. The number of hydrogen-bond donors (Lipinski definition) is 1. The van der Waals surface area contributed by atoms with Crippen LogP contribution in [0.25, 0.3) is 10.6 Å². The van der Waals surface area contributed by atoms with Gasteiger partial charge in [-0.25, -0.2) is 4.98 Å². The summed E-state index contributed by atoms with van der Waals surface area (Å²) in [6.45, 7) is 7.98. The lowest BCUT2D eigenvalue weighted by Crippen LogP contribution is -2.49. The Balaban J connectivity index is 1.70. The number of aliphatic hydroxyl groups excluding tert-OH is 1. The van der Waals surface area contributed by atoms with Gasteiger partial charge in [-0.3, -0.25) is 9.69 Å². The molecular weight excluding hydrogens is 322 g/mol. The molecule has 0 bridgehead atoms. The lowest BCUT2D eigenvalue weighted by molar-refractivity contribution is 0.0610. The SMILES string of the molecule is Cc1ccc(-c2nc(C(=O)N3CCN(CCO)CC3)cs2)c(C)c1. The molecule has 2 heterocycles. The zero-order valence-electron chi connectivity index (χ0n) is 14.2. The largest absolute Gasteiger partial charge is 0.395 e. The second-order valence-electron chi connectivity index (χ2n) is 6.21. The van der Waals surface area contributed by atoms with Gasteiger partial charge in [0, 0.05) is 43.7 Å². The summed E-state index contributed by atoms with van der Waals surface area (Å²) in [4.78, 5) is 21.3. The highest BCUT2D eigenvalue weighted by Crippen LogP contribution is 2.28. The summed E-state index contributed by atoms with van der Waals surface area (Å²) in [5.41, 5.74) is 4.04. The van der Waals surface area contributed by atoms with Gasteiger partial charge >= 0.3 is 0 Å². The van der Waals surface area contributed by atoms with Gasteiger partial charge in [0.05, 0.1) is 6.61 Å². The highest BCUT2D eigenvalue weighted by molar-refractivity contribution is 7.13. The summed E-state index contributed by atoms with van der Waals surface area (Å²) in [5.74, 6) is 0.00548. The second kappa shape index (κ2) is 7.42. The number of carbonyl (C=O) groups excluding carboxylic acids is 1. The Labute approximate surface area is 146 Å². The number of aromatic nitrogens is 1. The number of hydrogen-bond acceptors (Lipinski definition) is 5. The molecule has 24 heavy (non-hydrogen) atoms. The zero-order chi connectivity index (χ0) is 17.1. The molecule has 1 amide bonds. The van der Waals surface area contributed by atoms with Crippen LogP contribution in [0.2, 0.25) is 0 Å². The Hall–Kier alpha value is -1.76. The number of carbonyl (C=O) groups is 1. The molecule has 0 unspecified atom stereocenters. The maximum atomic E-state index is 12.7. The van der Waals surface area contributed by atoms with Gasteiger partial charge in [0.15, 0.2) is 0 Å². The van der Waals surface area contributed by atoms with Gasteiger partial charge in [0.2, 0.25) is 0 Å². The van der Waals surface area contributed by atoms with Crippen molar-refractivity contribution in [1.82, 2.24) is 14.8 Å². The van der Waals surface area contributed by atoms with Crippen LogP contribution in [0.4, 0.5) is 0 Å². The number of amides is 1. The Bertz CT molecular complexity index is 721. The van der Waals surface area contributed by atoms with Crippen molar-refractivity contribution < 1.29 is 9.90 Å². The van der Waals surface area contributed by atoms with Crippen LogP contribution in [0.15, 0.2) is 23.6 Å². The van der Waals surface area contributed by atoms with Crippen LogP contribution >= 0.6 is 11.3 Å². The number of piperazine rings is 1. The third kappa shape index (κ3) is 3.66. The molecule has 1 aliphatic rings. The van der Waals surface area contributed by atoms with Crippen LogP contribution in [-0.4, -0.2) is 65.1 Å². The number of benzene rings is 1. The normalized spacial score (nSPS) is 15.7. The first-order chi connectivity index (χ1) is 11.6. The van der Waals surface area contributed by atoms with Crippen LogP contribution in [0, 0.1) is 13.8 Å². The quantitative estimate of drug-likeness (QED) is 0.923. The molecule has 1 saturated heterocycles. The first-order valence-corrected chi connectivity index (χ1v) is 9.12. The Morgan fingerprint density at radius 2 is 2.00 bits per heavy atom. The van der Waals surface area contributed by atoms with E-state index in [1.165, 1.54) is 22.5 Å². The molecule has 1 aromatic carbocycles. The van der Waals surface area contributed by atoms with E-state index in [0.29, 0.717) is 25.3 Å². The van der Waals surface area contributed by atoms with Gasteiger partial charge in [-0.15, -0.1) is 11.3 Å². The maximum Gasteiger partial charge on any atom is 0.273 e. The number of rotatable bonds is 4. The van der Waals surface area contributed by atoms with E-state index >= 15 is 0 Å². The number of β-amino-alcohol motifs (C(OH)–C–C–N with tert-alkyl or cyclic N) is 1. The fraction of sp³-hybridized carbons (Fsp3) is 0.444. The molecule has 1 N–H and O–H groups in total. The molecule has 128 valence electrons. The Kier molecular flexibility index (Phi) is 5.28. The minimum absolute atomic E-state index is 0.00548. The molecule has 6 heteroatoms. The molecule has 0 saturated carbocycles. The molecule has 0 spiro atoms. The highest BCUT2D eigenvalue weighted by Gasteiger charge is 2.23. The second-order valence-corrected chi connectivity index (χ2v) is 7.07. The minimum atomic E-state index is 0.00548. The molecule has 2 aromatic rings. The zero-order valence-corrected chi connectivity index (χ0v) is 15.0. The molecule has 0 aliphatic carbocycles. The third-order valence-corrected chi connectivity index (χ3v) is 5.29. The highest BCUT2D eigenvalue weighted by atomic mass is 32.1. The Morgan fingerprint density at radius 3 is 2.67 bits per heavy atom. The van der Waals surface area contributed by atoms with Crippen molar-refractivity contribution in [2.45, 2.75) is 13.8 Å². The van der Waals surface area contributed by atoms with Crippen molar-refractivity contribution in [1.29, 1.82) is 0 Å². The third-order valence-electron chi connectivity index (χ3n) is 4.41. The predicted molar refractivity (Wildman–Crippen MR) is 96.5 cm³/mol. The molecule has 0 radical (unpaired) electrons. The van der Waals surface area contributed by atoms with Crippen LogP contribution in [-0.2, 0) is 0 Å². The van der Waals surface area contributed by atoms with Gasteiger partial charge in [-0.1, -0.05) is 23.8 Å². The fourth-order valence-electron chi connectivity index (χ4n) is 3.03. The van der Waals surface area contributed by atoms with Crippen molar-refractivity contribution in [3.63, 3.8) is 0 Å². The standard InChI is InChI=1S/C18H23N3O2S/c1-13-3-4-15(14(2)11-13)17-19-16(12-24-17)18(23)21-7-5-20(6-8-21)9-10-22/h3-4,11-12,22H,5-10H2,1-2H3. The van der Waals surface area contributed by atoms with E-state index in [2.05, 4.69) is 41.9 Å². The van der Waals surface area contributed by atoms with Crippen molar-refractivity contribution in [2.24, 2.45) is 0 Å². The summed E-state index contributed by atoms with van der Waals surface area (Å²) in [6, 6.07) is 6.29. The fourth-order valence-corrected chi connectivity index (χ4v) is 3.91. The van der Waals surface area contributed by atoms with Crippen molar-refractivity contribution >= 4 is 17.2 Å². The van der Waals surface area contributed by atoms with E-state index in [0.717, 1.165) is 23.7 Å². The van der Waals surface area contributed by atoms with E-state index < -0.39 is 0 Å². The lowest BCUT2D eigenvalue weighted by Gasteiger charge is -2.33. The molecule has 1 fully saturated rings. The van der Waals surface area contributed by atoms with Crippen LogP contribution < -0.4 is 0 Å². The van der Waals surface area contributed by atoms with Crippen LogP contribution in [0.1, 0.15) is 21.6 Å². The van der Waals surface area contributed by atoms with Gasteiger partial charge < -0.3 is 10.0 Å². The molecule has 3 rings (SSSR count). The van der Waals surface area contributed by atoms with Gasteiger partial charge in [-0.2, -0.15) is 0 Å². The maximum absolute atomic E-state index is 12.7. The van der Waals surface area contributed by atoms with Crippen molar-refractivity contribution in [3.8, 4) is 10.6 Å². The summed E-state index contributed by atoms with van der Waals surface area (Å²) < 4.78 is 0. The van der Waals surface area contributed by atoms with Crippen LogP contribution in [0.5, 0.6) is 0 Å². The predicted octanol–water partition coefficient (Wildman–Crippen LogP) is 2.18. The lowest BCUT2D eigenvalue weighted by atomic mass is 10.1. The van der Waals surface area contributed by atoms with Gasteiger partial charge in [0.25, 0.3) is 5.91 Å². The average Bonchev–Trinajstić information content (AvgIpc) is 3.05. The van der Waals surface area contributed by atoms with Gasteiger partial charge in [-0.05, 0) is 19.4 Å². The average molecular weight is 345 g/mol. The van der Waals surface area contributed by atoms with Crippen molar-refractivity contribution in [3.05, 3.63) is 40.4 Å². The first kappa shape index (κ1) is 17.1. The number of aliphatic hydroxyl groups is 1.